The lowest BCUT2D eigenvalue weighted by Crippen LogP contribution is -2.63. The Morgan fingerprint density at radius 2 is 1.75 bits per heavy atom. The molecule has 6 atom stereocenters. The predicted octanol–water partition coefficient (Wildman–Crippen LogP) is -2.88. The molecule has 0 radical (unpaired) electrons. The third-order valence-electron chi connectivity index (χ3n) is 5.38. The van der Waals surface area contributed by atoms with Gasteiger partial charge in [-0.3, -0.25) is 28.8 Å². The summed E-state index contributed by atoms with van der Waals surface area (Å²) < 4.78 is 0. The molecule has 0 saturated carbocycles. The predicted molar refractivity (Wildman–Crippen MR) is 132 cm³/mol. The fourth-order valence-corrected chi connectivity index (χ4v) is 3.74. The van der Waals surface area contributed by atoms with Crippen LogP contribution in [0.3, 0.4) is 0 Å². The van der Waals surface area contributed by atoms with Gasteiger partial charge in [-0.2, -0.15) is 12.6 Å². The molecular weight excluding hydrogens is 520 g/mol. The van der Waals surface area contributed by atoms with Crippen LogP contribution in [0.15, 0.2) is 0 Å². The number of amides is 3. The van der Waals surface area contributed by atoms with Gasteiger partial charge in [0.25, 0.3) is 0 Å². The number of aliphatic carboxylic acids is 2. The van der Waals surface area contributed by atoms with E-state index in [9.17, 15) is 39.0 Å². The molecule has 0 aliphatic carbocycles. The highest BCUT2D eigenvalue weighted by molar-refractivity contribution is 7.96. The molecule has 206 valence electrons. The average molecular weight is 555 g/mol. The zero-order chi connectivity index (χ0) is 28.4. The second kappa shape index (κ2) is 15.0. The molecular formula is C20H34N4O10S2. The van der Waals surface area contributed by atoms with E-state index in [0.29, 0.717) is 0 Å². The molecule has 1 rings (SSSR count). The van der Waals surface area contributed by atoms with E-state index in [4.69, 9.17) is 15.9 Å². The van der Waals surface area contributed by atoms with Crippen molar-refractivity contribution in [2.24, 2.45) is 17.6 Å². The number of aliphatic hydroxyl groups is 2. The van der Waals surface area contributed by atoms with Gasteiger partial charge in [0.1, 0.15) is 18.6 Å². The standard InChI is InChI=1S/C10H17N3O6S.C10H17NO4S/c11-5(10(18)19)1-2-7(14)13-6(4-20)9(17)12-3-8(15)16;1-4(2)6(12)10(9(15)16)7(13)5(3)8(14)11-10/h5-6,20H,1-4,11H2,(H,12,17)(H,13,14)(H,15,16)(H,18,19);4-7,12-13H,1-3H3,(H,11,14)(H,15,16)/t5-,6-;/m0./s1. The van der Waals surface area contributed by atoms with Crippen LogP contribution in [0.2, 0.25) is 0 Å². The highest BCUT2D eigenvalue weighted by atomic mass is 32.1. The van der Waals surface area contributed by atoms with Crippen LogP contribution in [0.25, 0.3) is 0 Å². The number of thiol groups is 2. The van der Waals surface area contributed by atoms with Crippen LogP contribution < -0.4 is 21.7 Å². The molecule has 0 aromatic heterocycles. The van der Waals surface area contributed by atoms with Gasteiger partial charge in [-0.25, -0.2) is 0 Å². The van der Waals surface area contributed by atoms with E-state index in [-0.39, 0.29) is 24.5 Å². The first-order valence-corrected chi connectivity index (χ1v) is 11.9. The number of carboxylic acids is 2. The van der Waals surface area contributed by atoms with Gasteiger partial charge >= 0.3 is 11.9 Å². The summed E-state index contributed by atoms with van der Waals surface area (Å²) in [5, 5.41) is 43.0. The summed E-state index contributed by atoms with van der Waals surface area (Å²) in [6.45, 7) is 4.34. The van der Waals surface area contributed by atoms with Crippen LogP contribution in [0.5, 0.6) is 0 Å². The zero-order valence-electron chi connectivity index (χ0n) is 20.0. The fraction of sp³-hybridized carbons (Fsp3) is 0.700. The van der Waals surface area contributed by atoms with Gasteiger partial charge in [0.15, 0.2) is 5.54 Å². The van der Waals surface area contributed by atoms with E-state index in [0.717, 1.165) is 0 Å². The molecule has 14 nitrogen and oxygen atoms in total. The Hall–Kier alpha value is -2.40. The van der Waals surface area contributed by atoms with Crippen molar-refractivity contribution in [2.75, 3.05) is 12.3 Å². The smallest absolute Gasteiger partial charge is 0.322 e. The molecule has 1 heterocycles. The fourth-order valence-electron chi connectivity index (χ4n) is 3.17. The number of hydrogen-bond donors (Lipinski definition) is 10. The van der Waals surface area contributed by atoms with Crippen molar-refractivity contribution < 1.29 is 49.2 Å². The number of nitrogens with one attached hydrogen (secondary N) is 3. The molecule has 0 spiro atoms. The number of nitrogens with two attached hydrogens (primary N) is 1. The van der Waals surface area contributed by atoms with E-state index in [2.05, 4.69) is 41.2 Å². The molecule has 1 aliphatic rings. The highest BCUT2D eigenvalue weighted by Crippen LogP contribution is 2.33. The molecule has 1 fully saturated rings. The van der Waals surface area contributed by atoms with Crippen LogP contribution in [-0.4, -0.2) is 97.3 Å². The minimum Gasteiger partial charge on any atom is -0.480 e. The van der Waals surface area contributed by atoms with Crippen molar-refractivity contribution in [2.45, 2.75) is 63.4 Å². The van der Waals surface area contributed by atoms with Crippen LogP contribution in [-0.2, 0) is 28.8 Å². The Morgan fingerprint density at radius 1 is 1.19 bits per heavy atom. The SMILES string of the molecule is CC(C)C(O)C1(C(=O)S)NC(=O)C(C)C1O.N[C@@H](CCC(=O)N[C@@H](CS)C(=O)NCC(=O)O)C(=O)O. The van der Waals surface area contributed by atoms with Gasteiger partial charge in [0, 0.05) is 12.2 Å². The lowest BCUT2D eigenvalue weighted by molar-refractivity contribution is -0.139. The minimum atomic E-state index is -1.69. The summed E-state index contributed by atoms with van der Waals surface area (Å²) >= 11 is 7.55. The number of rotatable bonds is 12. The first kappa shape index (κ1) is 33.6. The Bertz CT molecular complexity index is 843. The molecule has 0 bridgehead atoms. The summed E-state index contributed by atoms with van der Waals surface area (Å²) in [5.74, 6) is -5.17. The molecule has 0 aromatic rings. The number of carboxylic acid groups (broad SMARTS) is 2. The highest BCUT2D eigenvalue weighted by Gasteiger charge is 2.59. The minimum absolute atomic E-state index is 0.0256. The largest absolute Gasteiger partial charge is 0.480 e. The molecule has 4 unspecified atom stereocenters. The Kier molecular flexibility index (Phi) is 14.0. The van der Waals surface area contributed by atoms with E-state index in [1.165, 1.54) is 6.92 Å². The number of carbonyl (C=O) groups excluding carboxylic acids is 4. The topological polar surface area (TPSA) is 245 Å². The first-order valence-electron chi connectivity index (χ1n) is 10.8. The number of aliphatic hydroxyl groups excluding tert-OH is 2. The summed E-state index contributed by atoms with van der Waals surface area (Å²) in [4.78, 5) is 66.8. The van der Waals surface area contributed by atoms with Crippen molar-refractivity contribution in [3.8, 4) is 0 Å². The van der Waals surface area contributed by atoms with Crippen LogP contribution in [0.4, 0.5) is 0 Å². The quantitative estimate of drug-likeness (QED) is 0.110. The van der Waals surface area contributed by atoms with Crippen molar-refractivity contribution in [1.29, 1.82) is 0 Å². The summed E-state index contributed by atoms with van der Waals surface area (Å²) in [5.41, 5.74) is 3.54. The second-order valence-corrected chi connectivity index (χ2v) is 9.25. The molecule has 1 aliphatic heterocycles. The van der Waals surface area contributed by atoms with Crippen molar-refractivity contribution in [1.82, 2.24) is 16.0 Å². The third kappa shape index (κ3) is 9.24. The summed E-state index contributed by atoms with van der Waals surface area (Å²) in [6, 6.07) is -2.15. The molecule has 9 N–H and O–H groups in total. The molecule has 0 aromatic carbocycles. The van der Waals surface area contributed by atoms with Gasteiger partial charge in [-0.15, -0.1) is 12.6 Å². The van der Waals surface area contributed by atoms with Crippen molar-refractivity contribution in [3.05, 3.63) is 0 Å². The van der Waals surface area contributed by atoms with Crippen molar-refractivity contribution >= 4 is 60.0 Å². The molecule has 3 amide bonds. The average Bonchev–Trinajstić information content (AvgIpc) is 3.03. The van der Waals surface area contributed by atoms with Crippen LogP contribution >= 0.6 is 25.3 Å². The van der Waals surface area contributed by atoms with Gasteiger partial charge in [0.05, 0.1) is 18.1 Å². The van der Waals surface area contributed by atoms with E-state index in [1.54, 1.807) is 13.8 Å². The van der Waals surface area contributed by atoms with Gasteiger partial charge in [-0.05, 0) is 12.3 Å². The lowest BCUT2D eigenvalue weighted by Gasteiger charge is -2.36. The van der Waals surface area contributed by atoms with E-state index >= 15 is 0 Å². The van der Waals surface area contributed by atoms with E-state index in [1.807, 2.05) is 0 Å². The normalized spacial score (nSPS) is 23.4. The zero-order valence-corrected chi connectivity index (χ0v) is 21.8. The maximum atomic E-state index is 11.5. The Balaban J connectivity index is 0.000000696. The number of hydrogen-bond acceptors (Lipinski definition) is 10. The third-order valence-corrected chi connectivity index (χ3v) is 6.12. The second-order valence-electron chi connectivity index (χ2n) is 8.48. The summed E-state index contributed by atoms with van der Waals surface area (Å²) in [6.07, 6.45) is -2.66. The first-order chi connectivity index (χ1) is 16.5. The monoisotopic (exact) mass is 554 g/mol. The van der Waals surface area contributed by atoms with Gasteiger partial charge < -0.3 is 42.1 Å². The molecule has 1 saturated heterocycles. The Morgan fingerprint density at radius 3 is 2.11 bits per heavy atom. The van der Waals surface area contributed by atoms with Crippen LogP contribution in [0, 0.1) is 11.8 Å². The Labute approximate surface area is 218 Å². The van der Waals surface area contributed by atoms with Crippen molar-refractivity contribution in [3.63, 3.8) is 0 Å². The number of carbonyl (C=O) groups is 6. The molecule has 16 heteroatoms. The van der Waals surface area contributed by atoms with Crippen LogP contribution in [0.1, 0.15) is 33.6 Å². The van der Waals surface area contributed by atoms with Gasteiger partial charge in [0.2, 0.25) is 22.8 Å². The maximum Gasteiger partial charge on any atom is 0.322 e. The summed E-state index contributed by atoms with van der Waals surface area (Å²) in [7, 11) is 0. The van der Waals surface area contributed by atoms with E-state index < -0.39 is 77.1 Å². The van der Waals surface area contributed by atoms with Gasteiger partial charge in [-0.1, -0.05) is 20.8 Å². The lowest BCUT2D eigenvalue weighted by atomic mass is 9.81. The maximum absolute atomic E-state index is 11.5. The molecule has 36 heavy (non-hydrogen) atoms.